The van der Waals surface area contributed by atoms with E-state index in [9.17, 15) is 9.59 Å². The van der Waals surface area contributed by atoms with Crippen molar-refractivity contribution in [3.05, 3.63) is 53.1 Å². The molecular formula is C25H30ClN3O4. The summed E-state index contributed by atoms with van der Waals surface area (Å²) in [6.07, 6.45) is 1.12. The predicted molar refractivity (Wildman–Crippen MR) is 128 cm³/mol. The Hall–Kier alpha value is -2.77. The number of hydrogen-bond acceptors (Lipinski definition) is 5. The highest BCUT2D eigenvalue weighted by Gasteiger charge is 2.38. The van der Waals surface area contributed by atoms with Gasteiger partial charge in [-0.15, -0.1) is 0 Å². The second kappa shape index (κ2) is 10.4. The van der Waals surface area contributed by atoms with Crippen LogP contribution in [0.3, 0.4) is 0 Å². The molecule has 4 rings (SSSR count). The Kier molecular flexibility index (Phi) is 7.40. The summed E-state index contributed by atoms with van der Waals surface area (Å²) in [5.41, 5.74) is 1.85. The highest BCUT2D eigenvalue weighted by Crippen LogP contribution is 2.36. The van der Waals surface area contributed by atoms with E-state index in [-0.39, 0.29) is 24.2 Å². The first-order chi connectivity index (χ1) is 16.0. The van der Waals surface area contributed by atoms with Gasteiger partial charge in [-0.3, -0.25) is 14.5 Å². The lowest BCUT2D eigenvalue weighted by atomic mass is 10.1. The van der Waals surface area contributed by atoms with Crippen LogP contribution in [-0.2, 0) is 16.1 Å². The molecule has 1 unspecified atom stereocenters. The van der Waals surface area contributed by atoms with E-state index in [1.165, 1.54) is 5.56 Å². The number of carbonyl (C=O) groups excluding carboxylic acids is 2. The number of benzene rings is 2. The van der Waals surface area contributed by atoms with Gasteiger partial charge in [0, 0.05) is 56.8 Å². The summed E-state index contributed by atoms with van der Waals surface area (Å²) in [6, 6.07) is 13.3. The van der Waals surface area contributed by atoms with Gasteiger partial charge in [-0.25, -0.2) is 0 Å². The van der Waals surface area contributed by atoms with Crippen molar-refractivity contribution in [1.29, 1.82) is 0 Å². The lowest BCUT2D eigenvalue weighted by molar-refractivity contribution is -0.135. The Bertz CT molecular complexity index is 998. The van der Waals surface area contributed by atoms with Crippen LogP contribution in [0.1, 0.15) is 18.4 Å². The van der Waals surface area contributed by atoms with Crippen LogP contribution in [0.25, 0.3) is 0 Å². The number of amides is 2. The molecule has 7 nitrogen and oxygen atoms in total. The van der Waals surface area contributed by atoms with Crippen LogP contribution in [-0.4, -0.2) is 68.6 Å². The fourth-order valence-electron chi connectivity index (χ4n) is 4.57. The molecular weight excluding hydrogens is 442 g/mol. The van der Waals surface area contributed by atoms with Crippen molar-refractivity contribution in [2.24, 2.45) is 5.92 Å². The molecule has 0 bridgehead atoms. The SMILES string of the molecule is COc1ccc(OC)c(N2CC(C(=O)N3CCCN(Cc4ccc(Cl)cc4)CC3)CC2=O)c1. The molecule has 2 aliphatic heterocycles. The fourth-order valence-corrected chi connectivity index (χ4v) is 4.70. The molecule has 0 aliphatic carbocycles. The average molecular weight is 472 g/mol. The zero-order valence-electron chi connectivity index (χ0n) is 19.1. The molecule has 33 heavy (non-hydrogen) atoms. The normalized spacial score (nSPS) is 19.5. The Morgan fingerprint density at radius 1 is 1.03 bits per heavy atom. The maximum atomic E-state index is 13.3. The van der Waals surface area contributed by atoms with E-state index in [1.807, 2.05) is 29.2 Å². The zero-order chi connectivity index (χ0) is 23.4. The molecule has 176 valence electrons. The van der Waals surface area contributed by atoms with E-state index in [4.69, 9.17) is 21.1 Å². The summed E-state index contributed by atoms with van der Waals surface area (Å²) in [6.45, 7) is 4.31. The van der Waals surface area contributed by atoms with Crippen LogP contribution in [0.2, 0.25) is 5.02 Å². The quantitative estimate of drug-likeness (QED) is 0.645. The Labute approximate surface area is 199 Å². The number of carbonyl (C=O) groups is 2. The number of nitrogens with zero attached hydrogens (tertiary/aromatic N) is 3. The number of methoxy groups -OCH3 is 2. The standard InChI is InChI=1S/C25H30ClN3O4/c1-32-21-8-9-23(33-2)22(15-21)29-17-19(14-24(29)30)25(31)28-11-3-10-27(12-13-28)16-18-4-6-20(26)7-5-18/h4-9,15,19H,3,10-14,16-17H2,1-2H3. The molecule has 2 saturated heterocycles. The van der Waals surface area contributed by atoms with Gasteiger partial charge < -0.3 is 19.3 Å². The third kappa shape index (κ3) is 5.42. The molecule has 2 fully saturated rings. The smallest absolute Gasteiger partial charge is 0.228 e. The molecule has 0 N–H and O–H groups in total. The largest absolute Gasteiger partial charge is 0.497 e. The minimum atomic E-state index is -0.351. The van der Waals surface area contributed by atoms with Crippen LogP contribution in [0, 0.1) is 5.92 Å². The van der Waals surface area contributed by atoms with E-state index in [0.717, 1.165) is 31.1 Å². The molecule has 8 heteroatoms. The van der Waals surface area contributed by atoms with Gasteiger partial charge in [0.2, 0.25) is 11.8 Å². The monoisotopic (exact) mass is 471 g/mol. The van der Waals surface area contributed by atoms with Crippen molar-refractivity contribution in [3.8, 4) is 11.5 Å². The first-order valence-corrected chi connectivity index (χ1v) is 11.6. The van der Waals surface area contributed by atoms with E-state index < -0.39 is 0 Å². The van der Waals surface area contributed by atoms with Gasteiger partial charge in [0.1, 0.15) is 11.5 Å². The number of anilines is 1. The summed E-state index contributed by atoms with van der Waals surface area (Å²) in [4.78, 5) is 32.1. The number of ether oxygens (including phenoxy) is 2. The Morgan fingerprint density at radius 2 is 1.82 bits per heavy atom. The molecule has 0 radical (unpaired) electrons. The van der Waals surface area contributed by atoms with Gasteiger partial charge in [-0.05, 0) is 36.2 Å². The summed E-state index contributed by atoms with van der Waals surface area (Å²) in [5.74, 6) is 0.864. The molecule has 1 atom stereocenters. The highest BCUT2D eigenvalue weighted by atomic mass is 35.5. The predicted octanol–water partition coefficient (Wildman–Crippen LogP) is 3.44. The topological polar surface area (TPSA) is 62.3 Å². The van der Waals surface area contributed by atoms with Crippen LogP contribution in [0.15, 0.2) is 42.5 Å². The van der Waals surface area contributed by atoms with Gasteiger partial charge in [0.05, 0.1) is 25.8 Å². The van der Waals surface area contributed by atoms with Crippen molar-refractivity contribution < 1.29 is 19.1 Å². The molecule has 0 saturated carbocycles. The summed E-state index contributed by atoms with van der Waals surface area (Å²) < 4.78 is 10.8. The van der Waals surface area contributed by atoms with Crippen molar-refractivity contribution >= 4 is 29.1 Å². The molecule has 2 heterocycles. The summed E-state index contributed by atoms with van der Waals surface area (Å²) >= 11 is 5.99. The zero-order valence-corrected chi connectivity index (χ0v) is 19.9. The second-order valence-electron chi connectivity index (χ2n) is 8.52. The van der Waals surface area contributed by atoms with Crippen LogP contribution >= 0.6 is 11.6 Å². The maximum absolute atomic E-state index is 13.3. The first-order valence-electron chi connectivity index (χ1n) is 11.3. The van der Waals surface area contributed by atoms with Gasteiger partial charge in [0.25, 0.3) is 0 Å². The number of halogens is 1. The number of hydrogen-bond donors (Lipinski definition) is 0. The maximum Gasteiger partial charge on any atom is 0.228 e. The lowest BCUT2D eigenvalue weighted by Gasteiger charge is -2.25. The Balaban J connectivity index is 1.38. The van der Waals surface area contributed by atoms with E-state index >= 15 is 0 Å². The lowest BCUT2D eigenvalue weighted by Crippen LogP contribution is -2.40. The van der Waals surface area contributed by atoms with Crippen LogP contribution in [0.5, 0.6) is 11.5 Å². The number of rotatable bonds is 6. The Morgan fingerprint density at radius 3 is 2.55 bits per heavy atom. The van der Waals surface area contributed by atoms with Crippen molar-refractivity contribution in [3.63, 3.8) is 0 Å². The highest BCUT2D eigenvalue weighted by molar-refractivity contribution is 6.30. The van der Waals surface area contributed by atoms with E-state index in [1.54, 1.807) is 37.3 Å². The fraction of sp³-hybridized carbons (Fsp3) is 0.440. The van der Waals surface area contributed by atoms with Gasteiger partial charge >= 0.3 is 0 Å². The minimum Gasteiger partial charge on any atom is -0.497 e. The second-order valence-corrected chi connectivity index (χ2v) is 8.96. The van der Waals surface area contributed by atoms with Gasteiger partial charge in [-0.1, -0.05) is 23.7 Å². The van der Waals surface area contributed by atoms with Crippen molar-refractivity contribution in [1.82, 2.24) is 9.80 Å². The molecule has 2 aromatic carbocycles. The summed E-state index contributed by atoms with van der Waals surface area (Å²) in [7, 11) is 3.15. The molecule has 2 amide bonds. The van der Waals surface area contributed by atoms with Crippen molar-refractivity contribution in [2.75, 3.05) is 51.8 Å². The average Bonchev–Trinajstić information content (AvgIpc) is 3.06. The molecule has 0 spiro atoms. The molecule has 2 aliphatic rings. The third-order valence-corrected chi connectivity index (χ3v) is 6.62. The third-order valence-electron chi connectivity index (χ3n) is 6.37. The van der Waals surface area contributed by atoms with E-state index in [0.29, 0.717) is 36.8 Å². The molecule has 0 aromatic heterocycles. The minimum absolute atomic E-state index is 0.0565. The van der Waals surface area contributed by atoms with Crippen molar-refractivity contribution in [2.45, 2.75) is 19.4 Å². The van der Waals surface area contributed by atoms with Gasteiger partial charge in [-0.2, -0.15) is 0 Å². The van der Waals surface area contributed by atoms with E-state index in [2.05, 4.69) is 4.90 Å². The van der Waals surface area contributed by atoms with Gasteiger partial charge in [0.15, 0.2) is 0 Å². The molecule has 2 aromatic rings. The van der Waals surface area contributed by atoms with Crippen LogP contribution < -0.4 is 14.4 Å². The first kappa shape index (κ1) is 23.4. The van der Waals surface area contributed by atoms with Crippen LogP contribution in [0.4, 0.5) is 5.69 Å². The summed E-state index contributed by atoms with van der Waals surface area (Å²) in [5, 5.41) is 0.734.